The van der Waals surface area contributed by atoms with E-state index in [0.29, 0.717) is 19.5 Å². The molecule has 5 nitrogen and oxygen atoms in total. The molecule has 0 bridgehead atoms. The van der Waals surface area contributed by atoms with Crippen LogP contribution in [0.1, 0.15) is 24.8 Å². The van der Waals surface area contributed by atoms with Gasteiger partial charge in [0.25, 0.3) is 0 Å². The third kappa shape index (κ3) is 3.74. The molecule has 0 aromatic carbocycles. The average molecular weight is 329 g/mol. The highest BCUT2D eigenvalue weighted by Gasteiger charge is 2.34. The van der Waals surface area contributed by atoms with E-state index in [9.17, 15) is 18.0 Å². The fourth-order valence-corrected chi connectivity index (χ4v) is 2.93. The lowest BCUT2D eigenvalue weighted by atomic mass is 10.2. The van der Waals surface area contributed by atoms with Crippen LogP contribution in [0, 0.1) is 0 Å². The van der Waals surface area contributed by atoms with Crippen molar-refractivity contribution in [2.24, 2.45) is 0 Å². The van der Waals surface area contributed by atoms with E-state index in [4.69, 9.17) is 4.74 Å². The molecule has 0 aliphatic carbocycles. The molecule has 126 valence electrons. The van der Waals surface area contributed by atoms with Gasteiger partial charge < -0.3 is 15.0 Å². The van der Waals surface area contributed by atoms with Crippen molar-refractivity contribution in [3.8, 4) is 5.88 Å². The molecule has 3 heterocycles. The number of hydrogen-bond donors (Lipinski definition) is 1. The van der Waals surface area contributed by atoms with Gasteiger partial charge in [0.1, 0.15) is 6.10 Å². The molecule has 23 heavy (non-hydrogen) atoms. The van der Waals surface area contributed by atoms with Crippen LogP contribution in [-0.2, 0) is 11.0 Å². The number of hydrogen-bond acceptors (Lipinski definition) is 4. The molecule has 8 heteroatoms. The maximum Gasteiger partial charge on any atom is 0.417 e. The van der Waals surface area contributed by atoms with Gasteiger partial charge in [-0.05, 0) is 25.5 Å². The van der Waals surface area contributed by atoms with Gasteiger partial charge in [0.15, 0.2) is 0 Å². The minimum atomic E-state index is -4.41. The van der Waals surface area contributed by atoms with Gasteiger partial charge in [0.2, 0.25) is 11.8 Å². The van der Waals surface area contributed by atoms with Crippen molar-refractivity contribution in [3.63, 3.8) is 0 Å². The lowest BCUT2D eigenvalue weighted by Gasteiger charge is -2.20. The van der Waals surface area contributed by atoms with Crippen molar-refractivity contribution in [3.05, 3.63) is 23.9 Å². The van der Waals surface area contributed by atoms with Crippen molar-refractivity contribution in [2.45, 2.75) is 37.6 Å². The molecule has 0 radical (unpaired) electrons. The molecule has 2 atom stereocenters. The molecule has 2 saturated heterocycles. The largest absolute Gasteiger partial charge is 0.472 e. The molecule has 2 aliphatic rings. The number of carbonyl (C=O) groups excluding carboxylic acids is 1. The van der Waals surface area contributed by atoms with E-state index in [1.165, 1.54) is 6.07 Å². The zero-order valence-electron chi connectivity index (χ0n) is 12.5. The number of halogens is 3. The Labute approximate surface area is 131 Å². The summed E-state index contributed by atoms with van der Waals surface area (Å²) in [5.41, 5.74) is -0.805. The second kappa shape index (κ2) is 6.35. The summed E-state index contributed by atoms with van der Waals surface area (Å²) in [6.45, 7) is 1.90. The first-order valence-corrected chi connectivity index (χ1v) is 7.65. The van der Waals surface area contributed by atoms with Gasteiger partial charge in [-0.15, -0.1) is 0 Å². The Bertz CT molecular complexity index is 556. The lowest BCUT2D eigenvalue weighted by Crippen LogP contribution is -2.43. The topological polar surface area (TPSA) is 54.5 Å². The molecule has 1 N–H and O–H groups in total. The molecule has 2 fully saturated rings. The third-order valence-corrected chi connectivity index (χ3v) is 4.17. The Balaban J connectivity index is 1.54. The Kier molecular flexibility index (Phi) is 4.43. The normalized spacial score (nSPS) is 24.9. The van der Waals surface area contributed by atoms with E-state index in [1.54, 1.807) is 4.90 Å². The highest BCUT2D eigenvalue weighted by molar-refractivity contribution is 5.82. The van der Waals surface area contributed by atoms with Crippen LogP contribution in [0.15, 0.2) is 18.3 Å². The first kappa shape index (κ1) is 16.0. The molecule has 1 amide bonds. The molecule has 0 saturated carbocycles. The number of pyridine rings is 1. The van der Waals surface area contributed by atoms with Crippen LogP contribution in [0.2, 0.25) is 0 Å². The number of nitrogens with one attached hydrogen (secondary N) is 1. The first-order valence-electron chi connectivity index (χ1n) is 7.65. The van der Waals surface area contributed by atoms with Crippen molar-refractivity contribution in [2.75, 3.05) is 19.6 Å². The fourth-order valence-electron chi connectivity index (χ4n) is 2.93. The number of rotatable bonds is 3. The molecule has 2 aliphatic heterocycles. The summed E-state index contributed by atoms with van der Waals surface area (Å²) >= 11 is 0. The Morgan fingerprint density at radius 1 is 1.35 bits per heavy atom. The minimum absolute atomic E-state index is 0.0778. The van der Waals surface area contributed by atoms with Gasteiger partial charge in [0, 0.05) is 25.2 Å². The summed E-state index contributed by atoms with van der Waals surface area (Å²) in [5, 5.41) is 3.17. The summed E-state index contributed by atoms with van der Waals surface area (Å²) in [6, 6.07) is 2.05. The summed E-state index contributed by atoms with van der Waals surface area (Å²) < 4.78 is 43.0. The van der Waals surface area contributed by atoms with Crippen molar-refractivity contribution in [1.82, 2.24) is 15.2 Å². The Morgan fingerprint density at radius 2 is 2.17 bits per heavy atom. The van der Waals surface area contributed by atoms with Gasteiger partial charge in [-0.1, -0.05) is 0 Å². The zero-order chi connectivity index (χ0) is 16.4. The van der Waals surface area contributed by atoms with E-state index in [-0.39, 0.29) is 23.9 Å². The van der Waals surface area contributed by atoms with Gasteiger partial charge in [-0.3, -0.25) is 4.79 Å². The maximum atomic E-state index is 12.5. The summed E-state index contributed by atoms with van der Waals surface area (Å²) in [4.78, 5) is 17.7. The van der Waals surface area contributed by atoms with E-state index >= 15 is 0 Å². The SMILES string of the molecule is O=C([C@H]1CCCN1)N1CC[C@H](Oc2ccc(C(F)(F)F)cn2)C1. The van der Waals surface area contributed by atoms with E-state index in [1.807, 2.05) is 0 Å². The van der Waals surface area contributed by atoms with Gasteiger partial charge in [-0.2, -0.15) is 13.2 Å². The monoisotopic (exact) mass is 329 g/mol. The second-order valence-corrected chi connectivity index (χ2v) is 5.84. The van der Waals surface area contributed by atoms with Crippen molar-refractivity contribution >= 4 is 5.91 Å². The molecule has 1 aromatic heterocycles. The van der Waals surface area contributed by atoms with Crippen LogP contribution >= 0.6 is 0 Å². The van der Waals surface area contributed by atoms with Crippen molar-refractivity contribution in [1.29, 1.82) is 0 Å². The van der Waals surface area contributed by atoms with Gasteiger partial charge in [-0.25, -0.2) is 4.98 Å². The predicted octanol–water partition coefficient (Wildman–Crippen LogP) is 1.83. The Morgan fingerprint density at radius 3 is 2.78 bits per heavy atom. The van der Waals surface area contributed by atoms with Crippen LogP contribution in [0.3, 0.4) is 0 Å². The number of ether oxygens (including phenoxy) is 1. The minimum Gasteiger partial charge on any atom is -0.472 e. The van der Waals surface area contributed by atoms with Crippen LogP contribution in [0.5, 0.6) is 5.88 Å². The standard InChI is InChI=1S/C15H18F3N3O2/c16-15(17,18)10-3-4-13(20-8-10)23-11-5-7-21(9-11)14(22)12-2-1-6-19-12/h3-4,8,11-12,19H,1-2,5-7,9H2/t11-,12+/m0/s1. The summed E-state index contributed by atoms with van der Waals surface area (Å²) in [5.74, 6) is 0.227. The Hall–Kier alpha value is -1.83. The van der Waals surface area contributed by atoms with E-state index < -0.39 is 11.7 Å². The predicted molar refractivity (Wildman–Crippen MR) is 75.9 cm³/mol. The maximum absolute atomic E-state index is 12.5. The molecule has 0 spiro atoms. The average Bonchev–Trinajstić information content (AvgIpc) is 3.18. The zero-order valence-corrected chi connectivity index (χ0v) is 12.5. The van der Waals surface area contributed by atoms with Gasteiger partial charge >= 0.3 is 6.18 Å². The molecular weight excluding hydrogens is 311 g/mol. The summed E-state index contributed by atoms with van der Waals surface area (Å²) in [7, 11) is 0. The van der Waals surface area contributed by atoms with Crippen LogP contribution < -0.4 is 10.1 Å². The van der Waals surface area contributed by atoms with Crippen LogP contribution in [0.25, 0.3) is 0 Å². The smallest absolute Gasteiger partial charge is 0.417 e. The lowest BCUT2D eigenvalue weighted by molar-refractivity contribution is -0.138. The van der Waals surface area contributed by atoms with Crippen LogP contribution in [-0.4, -0.2) is 47.6 Å². The molecule has 3 rings (SSSR count). The third-order valence-electron chi connectivity index (χ3n) is 4.17. The molecule has 0 unspecified atom stereocenters. The number of nitrogens with zero attached hydrogens (tertiary/aromatic N) is 2. The van der Waals surface area contributed by atoms with E-state index in [2.05, 4.69) is 10.3 Å². The summed E-state index contributed by atoms with van der Waals surface area (Å²) in [6.07, 6.45) is -1.38. The quantitative estimate of drug-likeness (QED) is 0.919. The molecular formula is C15H18F3N3O2. The van der Waals surface area contributed by atoms with Gasteiger partial charge in [0.05, 0.1) is 18.2 Å². The fraction of sp³-hybridized carbons (Fsp3) is 0.600. The number of carbonyl (C=O) groups is 1. The number of likely N-dealkylation sites (tertiary alicyclic amines) is 1. The second-order valence-electron chi connectivity index (χ2n) is 5.84. The van der Waals surface area contributed by atoms with Crippen molar-refractivity contribution < 1.29 is 22.7 Å². The number of alkyl halides is 3. The molecule has 1 aromatic rings. The van der Waals surface area contributed by atoms with Crippen LogP contribution in [0.4, 0.5) is 13.2 Å². The highest BCUT2D eigenvalue weighted by atomic mass is 19.4. The number of amides is 1. The highest BCUT2D eigenvalue weighted by Crippen LogP contribution is 2.29. The number of aromatic nitrogens is 1. The van der Waals surface area contributed by atoms with E-state index in [0.717, 1.165) is 31.6 Å². The first-order chi connectivity index (χ1) is 10.9.